The molecule has 0 saturated heterocycles. The molecule has 1 N–H and O–H groups in total. The Labute approximate surface area is 175 Å². The minimum atomic E-state index is -0.884. The van der Waals surface area contributed by atoms with Crippen molar-refractivity contribution < 1.29 is 9.90 Å². The van der Waals surface area contributed by atoms with Crippen molar-refractivity contribution in [3.63, 3.8) is 0 Å². The quantitative estimate of drug-likeness (QED) is 0.500. The number of rotatable bonds is 8. The maximum Gasteiger partial charge on any atom is 0.336 e. The number of allylic oxidation sites excluding steroid dienone is 3. The van der Waals surface area contributed by atoms with E-state index < -0.39 is 5.97 Å². The molecule has 1 atom stereocenters. The highest BCUT2D eigenvalue weighted by Gasteiger charge is 2.16. The molecule has 2 nitrogen and oxygen atoms in total. The Bertz CT molecular complexity index is 887. The van der Waals surface area contributed by atoms with Crippen LogP contribution < -0.4 is 0 Å². The second-order valence-electron chi connectivity index (χ2n) is 8.04. The minimum Gasteiger partial charge on any atom is -0.478 e. The minimum absolute atomic E-state index is 0.352. The SMILES string of the molecule is CCCC=Cc1ccc(C(=O)O)c(-c2ccc(C3=CCC(CCC)CC3)cc2)c1. The third-order valence-corrected chi connectivity index (χ3v) is 5.82. The van der Waals surface area contributed by atoms with E-state index >= 15 is 0 Å². The van der Waals surface area contributed by atoms with Crippen molar-refractivity contribution in [3.8, 4) is 11.1 Å². The second kappa shape index (κ2) is 10.2. The van der Waals surface area contributed by atoms with Gasteiger partial charge in [-0.15, -0.1) is 0 Å². The van der Waals surface area contributed by atoms with Crippen LogP contribution in [-0.2, 0) is 0 Å². The number of hydrogen-bond acceptors (Lipinski definition) is 1. The zero-order chi connectivity index (χ0) is 20.6. The molecule has 0 fully saturated rings. The van der Waals surface area contributed by atoms with Crippen molar-refractivity contribution >= 4 is 17.6 Å². The van der Waals surface area contributed by atoms with Crippen LogP contribution in [0.3, 0.4) is 0 Å². The first-order valence-electron chi connectivity index (χ1n) is 11.0. The van der Waals surface area contributed by atoms with E-state index in [1.165, 1.54) is 36.8 Å². The summed E-state index contributed by atoms with van der Waals surface area (Å²) in [7, 11) is 0. The number of hydrogen-bond donors (Lipinski definition) is 1. The summed E-state index contributed by atoms with van der Waals surface area (Å²) >= 11 is 0. The Morgan fingerprint density at radius 1 is 1.07 bits per heavy atom. The van der Waals surface area contributed by atoms with Crippen LogP contribution in [0.2, 0.25) is 0 Å². The zero-order valence-electron chi connectivity index (χ0n) is 17.7. The first-order chi connectivity index (χ1) is 14.1. The fraction of sp³-hybridized carbons (Fsp3) is 0.370. The molecule has 0 spiro atoms. The summed E-state index contributed by atoms with van der Waals surface area (Å²) in [6.07, 6.45) is 14.9. The highest BCUT2D eigenvalue weighted by Crippen LogP contribution is 2.34. The van der Waals surface area contributed by atoms with Crippen LogP contribution in [0.4, 0.5) is 0 Å². The van der Waals surface area contributed by atoms with Gasteiger partial charge in [0, 0.05) is 0 Å². The second-order valence-corrected chi connectivity index (χ2v) is 8.04. The number of aromatic carboxylic acids is 1. The van der Waals surface area contributed by atoms with Crippen LogP contribution in [0.25, 0.3) is 22.8 Å². The van der Waals surface area contributed by atoms with Crippen LogP contribution in [0, 0.1) is 5.92 Å². The monoisotopic (exact) mass is 388 g/mol. The van der Waals surface area contributed by atoms with E-state index in [-0.39, 0.29) is 0 Å². The molecule has 3 rings (SSSR count). The van der Waals surface area contributed by atoms with Gasteiger partial charge in [0.1, 0.15) is 0 Å². The Morgan fingerprint density at radius 2 is 1.83 bits per heavy atom. The molecule has 0 aliphatic heterocycles. The van der Waals surface area contributed by atoms with E-state index in [4.69, 9.17) is 0 Å². The highest BCUT2D eigenvalue weighted by molar-refractivity contribution is 5.96. The molecule has 0 aromatic heterocycles. The fourth-order valence-electron chi connectivity index (χ4n) is 4.16. The lowest BCUT2D eigenvalue weighted by Crippen LogP contribution is -2.05. The number of carboxylic acid groups (broad SMARTS) is 1. The summed E-state index contributed by atoms with van der Waals surface area (Å²) in [6.45, 7) is 4.41. The third-order valence-electron chi connectivity index (χ3n) is 5.82. The van der Waals surface area contributed by atoms with Crippen molar-refractivity contribution in [3.05, 3.63) is 71.3 Å². The predicted molar refractivity (Wildman–Crippen MR) is 123 cm³/mol. The summed E-state index contributed by atoms with van der Waals surface area (Å²) < 4.78 is 0. The van der Waals surface area contributed by atoms with Crippen LogP contribution in [0.15, 0.2) is 54.6 Å². The lowest BCUT2D eigenvalue weighted by atomic mass is 9.84. The van der Waals surface area contributed by atoms with E-state index in [9.17, 15) is 9.90 Å². The molecule has 2 aromatic rings. The van der Waals surface area contributed by atoms with Gasteiger partial charge in [0.15, 0.2) is 0 Å². The Hall–Kier alpha value is -2.61. The first-order valence-corrected chi connectivity index (χ1v) is 11.0. The number of unbranched alkanes of at least 4 members (excludes halogenated alkanes) is 1. The van der Waals surface area contributed by atoms with Crippen LogP contribution >= 0.6 is 0 Å². The number of benzene rings is 2. The molecule has 1 aliphatic rings. The van der Waals surface area contributed by atoms with Gasteiger partial charge in [-0.2, -0.15) is 0 Å². The van der Waals surface area contributed by atoms with E-state index in [0.717, 1.165) is 41.9 Å². The van der Waals surface area contributed by atoms with Gasteiger partial charge in [0.05, 0.1) is 5.56 Å². The van der Waals surface area contributed by atoms with Gasteiger partial charge in [-0.3, -0.25) is 0 Å². The van der Waals surface area contributed by atoms with Crippen molar-refractivity contribution in [2.45, 2.75) is 58.8 Å². The predicted octanol–water partition coefficient (Wildman–Crippen LogP) is 7.85. The lowest BCUT2D eigenvalue weighted by molar-refractivity contribution is 0.0697. The molecule has 0 radical (unpaired) electrons. The molecule has 1 aliphatic carbocycles. The van der Waals surface area contributed by atoms with E-state index in [2.05, 4.69) is 56.3 Å². The van der Waals surface area contributed by atoms with Gasteiger partial charge in [-0.05, 0) is 71.6 Å². The first kappa shape index (κ1) is 21.1. The van der Waals surface area contributed by atoms with Crippen LogP contribution in [0.1, 0.15) is 80.3 Å². The van der Waals surface area contributed by atoms with Gasteiger partial charge in [0.2, 0.25) is 0 Å². The zero-order valence-corrected chi connectivity index (χ0v) is 17.7. The maximum absolute atomic E-state index is 11.7. The third kappa shape index (κ3) is 5.47. The highest BCUT2D eigenvalue weighted by atomic mass is 16.4. The molecule has 0 bridgehead atoms. The number of carboxylic acids is 1. The van der Waals surface area contributed by atoms with Crippen LogP contribution in [0.5, 0.6) is 0 Å². The summed E-state index contributed by atoms with van der Waals surface area (Å²) in [6, 6.07) is 14.0. The van der Waals surface area contributed by atoms with Crippen molar-refractivity contribution in [2.24, 2.45) is 5.92 Å². The molecule has 0 heterocycles. The molecule has 2 heteroatoms. The summed E-state index contributed by atoms with van der Waals surface area (Å²) in [4.78, 5) is 11.7. The maximum atomic E-state index is 11.7. The van der Waals surface area contributed by atoms with Gasteiger partial charge >= 0.3 is 5.97 Å². The molecule has 1 unspecified atom stereocenters. The molecular formula is C27H32O2. The average Bonchev–Trinajstić information content (AvgIpc) is 2.75. The standard InChI is InChI=1S/C27H32O2/c1-3-5-6-8-21-11-18-25(27(28)29)26(19-21)24-16-14-23(15-17-24)22-12-9-20(7-4-2)10-13-22/h6,8,11-12,14-20H,3-5,7,9-10,13H2,1-2H3,(H,28,29). The lowest BCUT2D eigenvalue weighted by Gasteiger charge is -2.21. The molecular weight excluding hydrogens is 356 g/mol. The molecule has 2 aromatic carbocycles. The topological polar surface area (TPSA) is 37.3 Å². The Morgan fingerprint density at radius 3 is 2.45 bits per heavy atom. The summed E-state index contributed by atoms with van der Waals surface area (Å²) in [5.74, 6) is -0.0465. The normalized spacial score (nSPS) is 16.8. The molecule has 0 amide bonds. The molecule has 152 valence electrons. The molecule has 0 saturated carbocycles. The summed E-state index contributed by atoms with van der Waals surface area (Å²) in [5, 5.41) is 9.63. The average molecular weight is 389 g/mol. The van der Waals surface area contributed by atoms with Gasteiger partial charge in [-0.1, -0.05) is 81.7 Å². The Balaban J connectivity index is 1.85. The van der Waals surface area contributed by atoms with Crippen molar-refractivity contribution in [1.29, 1.82) is 0 Å². The van der Waals surface area contributed by atoms with Crippen molar-refractivity contribution in [1.82, 2.24) is 0 Å². The Kier molecular flexibility index (Phi) is 7.46. The number of carbonyl (C=O) groups is 1. The smallest absolute Gasteiger partial charge is 0.336 e. The van der Waals surface area contributed by atoms with Gasteiger partial charge < -0.3 is 5.11 Å². The molecule has 29 heavy (non-hydrogen) atoms. The van der Waals surface area contributed by atoms with E-state index in [1.54, 1.807) is 6.07 Å². The van der Waals surface area contributed by atoms with Crippen molar-refractivity contribution in [2.75, 3.05) is 0 Å². The summed E-state index contributed by atoms with van der Waals surface area (Å²) in [5.41, 5.74) is 5.82. The van der Waals surface area contributed by atoms with Crippen LogP contribution in [-0.4, -0.2) is 11.1 Å². The van der Waals surface area contributed by atoms with E-state index in [0.29, 0.717) is 5.56 Å². The fourth-order valence-corrected chi connectivity index (χ4v) is 4.16. The largest absolute Gasteiger partial charge is 0.478 e. The van der Waals surface area contributed by atoms with Gasteiger partial charge in [-0.25, -0.2) is 4.79 Å². The van der Waals surface area contributed by atoms with E-state index in [1.807, 2.05) is 12.1 Å². The van der Waals surface area contributed by atoms with Gasteiger partial charge in [0.25, 0.3) is 0 Å².